The monoisotopic (exact) mass is 343 g/mol. The van der Waals surface area contributed by atoms with Crippen molar-refractivity contribution in [2.75, 3.05) is 31.6 Å². The average molecular weight is 343 g/mol. The maximum atomic E-state index is 13.3. The summed E-state index contributed by atoms with van der Waals surface area (Å²) in [7, 11) is 2.09. The third-order valence-corrected chi connectivity index (χ3v) is 5.52. The highest BCUT2D eigenvalue weighted by Gasteiger charge is 2.34. The molecule has 0 aromatic heterocycles. The van der Waals surface area contributed by atoms with Crippen molar-refractivity contribution in [3.8, 4) is 0 Å². The molecule has 1 aromatic carbocycles. The van der Waals surface area contributed by atoms with Crippen molar-refractivity contribution in [1.82, 2.24) is 9.80 Å². The van der Waals surface area contributed by atoms with Gasteiger partial charge in [0.25, 0.3) is 0 Å². The first-order chi connectivity index (χ1) is 12.0. The Morgan fingerprint density at radius 1 is 1.20 bits per heavy atom. The van der Waals surface area contributed by atoms with E-state index in [1.165, 1.54) is 11.3 Å². The summed E-state index contributed by atoms with van der Waals surface area (Å²) in [6.45, 7) is 6.85. The number of fused-ring (bicyclic) bond motifs is 1. The maximum absolute atomic E-state index is 13.3. The van der Waals surface area contributed by atoms with E-state index in [0.717, 1.165) is 25.9 Å². The zero-order chi connectivity index (χ0) is 18.0. The van der Waals surface area contributed by atoms with Gasteiger partial charge in [0.05, 0.1) is 5.92 Å². The zero-order valence-corrected chi connectivity index (χ0v) is 15.6. The first-order valence-electron chi connectivity index (χ1n) is 9.38. The van der Waals surface area contributed by atoms with Crippen LogP contribution in [0.1, 0.15) is 38.7 Å². The summed E-state index contributed by atoms with van der Waals surface area (Å²) >= 11 is 0. The molecule has 0 aliphatic carbocycles. The quantitative estimate of drug-likeness (QED) is 0.829. The van der Waals surface area contributed by atoms with Gasteiger partial charge in [0.1, 0.15) is 0 Å². The smallest absolute Gasteiger partial charge is 0.228 e. The first kappa shape index (κ1) is 17.8. The molecule has 1 fully saturated rings. The third kappa shape index (κ3) is 3.65. The minimum Gasteiger partial charge on any atom is -0.372 e. The lowest BCUT2D eigenvalue weighted by molar-refractivity contribution is -0.142. The summed E-state index contributed by atoms with van der Waals surface area (Å²) in [6.07, 6.45) is 2.31. The van der Waals surface area contributed by atoms with E-state index in [4.69, 9.17) is 0 Å². The number of carbonyl (C=O) groups excluding carboxylic acids is 2. The van der Waals surface area contributed by atoms with Crippen molar-refractivity contribution < 1.29 is 9.59 Å². The van der Waals surface area contributed by atoms with Crippen molar-refractivity contribution in [3.63, 3.8) is 0 Å². The van der Waals surface area contributed by atoms with Crippen molar-refractivity contribution in [2.45, 2.75) is 45.7 Å². The second kappa shape index (κ2) is 7.46. The highest BCUT2D eigenvalue weighted by Crippen LogP contribution is 2.28. The molecule has 2 aliphatic rings. The minimum atomic E-state index is -0.0673. The van der Waals surface area contributed by atoms with E-state index in [1.807, 2.05) is 28.9 Å². The number of likely N-dealkylation sites (N-methyl/N-ethyl adjacent to an activating group) is 1. The van der Waals surface area contributed by atoms with E-state index in [-0.39, 0.29) is 23.8 Å². The molecule has 2 heterocycles. The average Bonchev–Trinajstić information content (AvgIpc) is 2.77. The Kier molecular flexibility index (Phi) is 5.30. The molecule has 0 unspecified atom stereocenters. The molecule has 0 N–H and O–H groups in total. The Bertz CT molecular complexity index is 646. The zero-order valence-electron chi connectivity index (χ0n) is 15.6. The SMILES string of the molecule is CCC(=O)N1CCC[C@H](C(=O)N2Cc3ccccc3N(C)C[C@H]2C)C1. The number of hydrogen-bond acceptors (Lipinski definition) is 3. The van der Waals surface area contributed by atoms with Crippen LogP contribution >= 0.6 is 0 Å². The van der Waals surface area contributed by atoms with Crippen LogP contribution in [0.3, 0.4) is 0 Å². The first-order valence-corrected chi connectivity index (χ1v) is 9.38. The molecule has 0 radical (unpaired) electrons. The minimum absolute atomic E-state index is 0.0673. The Balaban J connectivity index is 1.78. The van der Waals surface area contributed by atoms with Gasteiger partial charge in [0, 0.05) is 51.4 Å². The van der Waals surface area contributed by atoms with Gasteiger partial charge in [-0.1, -0.05) is 25.1 Å². The van der Waals surface area contributed by atoms with Gasteiger partial charge in [-0.25, -0.2) is 0 Å². The van der Waals surface area contributed by atoms with Gasteiger partial charge in [-0.15, -0.1) is 0 Å². The molecule has 5 heteroatoms. The molecule has 2 aliphatic heterocycles. The molecule has 1 aromatic rings. The number of para-hydroxylation sites is 1. The Labute approximate surface area is 150 Å². The number of rotatable bonds is 2. The number of likely N-dealkylation sites (tertiary alicyclic amines) is 1. The number of benzene rings is 1. The van der Waals surface area contributed by atoms with E-state index >= 15 is 0 Å². The molecule has 25 heavy (non-hydrogen) atoms. The number of anilines is 1. The van der Waals surface area contributed by atoms with E-state index in [0.29, 0.717) is 19.5 Å². The summed E-state index contributed by atoms with van der Waals surface area (Å²) in [5.74, 6) is 0.292. The van der Waals surface area contributed by atoms with Crippen molar-refractivity contribution >= 4 is 17.5 Å². The Morgan fingerprint density at radius 2 is 1.96 bits per heavy atom. The van der Waals surface area contributed by atoms with Crippen LogP contribution in [0.25, 0.3) is 0 Å². The Hall–Kier alpha value is -2.04. The summed E-state index contributed by atoms with van der Waals surface area (Å²) in [6, 6.07) is 8.47. The number of amides is 2. The predicted molar refractivity (Wildman–Crippen MR) is 99.3 cm³/mol. The van der Waals surface area contributed by atoms with Gasteiger partial charge >= 0.3 is 0 Å². The highest BCUT2D eigenvalue weighted by atomic mass is 16.2. The van der Waals surface area contributed by atoms with Gasteiger partial charge in [0.15, 0.2) is 0 Å². The molecule has 136 valence electrons. The van der Waals surface area contributed by atoms with Gasteiger partial charge in [-0.2, -0.15) is 0 Å². The fourth-order valence-corrected chi connectivity index (χ4v) is 4.11. The predicted octanol–water partition coefficient (Wildman–Crippen LogP) is 2.50. The molecule has 0 saturated carbocycles. The lowest BCUT2D eigenvalue weighted by atomic mass is 9.95. The van der Waals surface area contributed by atoms with Gasteiger partial charge in [-0.05, 0) is 31.4 Å². The summed E-state index contributed by atoms with van der Waals surface area (Å²) in [4.78, 5) is 31.4. The third-order valence-electron chi connectivity index (χ3n) is 5.52. The van der Waals surface area contributed by atoms with Crippen LogP contribution in [0.2, 0.25) is 0 Å². The van der Waals surface area contributed by atoms with Crippen molar-refractivity contribution in [1.29, 1.82) is 0 Å². The molecule has 2 amide bonds. The van der Waals surface area contributed by atoms with Crippen molar-refractivity contribution in [2.24, 2.45) is 5.92 Å². The van der Waals surface area contributed by atoms with Crippen LogP contribution in [0.4, 0.5) is 5.69 Å². The van der Waals surface area contributed by atoms with Crippen LogP contribution in [0, 0.1) is 5.92 Å². The van der Waals surface area contributed by atoms with Crippen LogP contribution < -0.4 is 4.90 Å². The standard InChI is InChI=1S/C20H29N3O2/c1-4-19(24)22-11-7-9-17(13-22)20(25)23-14-16-8-5-6-10-18(16)21(3)12-15(23)2/h5-6,8,10,15,17H,4,7,9,11-14H2,1-3H3/t15-,17+/m1/s1. The van der Waals surface area contributed by atoms with E-state index in [1.54, 1.807) is 0 Å². The fraction of sp³-hybridized carbons (Fsp3) is 0.600. The molecular weight excluding hydrogens is 314 g/mol. The molecule has 2 atom stereocenters. The summed E-state index contributed by atoms with van der Waals surface area (Å²) in [5.41, 5.74) is 2.40. The summed E-state index contributed by atoms with van der Waals surface area (Å²) < 4.78 is 0. The van der Waals surface area contributed by atoms with E-state index in [2.05, 4.69) is 31.0 Å². The van der Waals surface area contributed by atoms with Gasteiger partial charge in [-0.3, -0.25) is 9.59 Å². The lowest BCUT2D eigenvalue weighted by Gasteiger charge is -2.36. The second-order valence-electron chi connectivity index (χ2n) is 7.36. The van der Waals surface area contributed by atoms with Gasteiger partial charge < -0.3 is 14.7 Å². The summed E-state index contributed by atoms with van der Waals surface area (Å²) in [5, 5.41) is 0. The fourth-order valence-electron chi connectivity index (χ4n) is 4.11. The maximum Gasteiger partial charge on any atom is 0.228 e. The van der Waals surface area contributed by atoms with E-state index in [9.17, 15) is 9.59 Å². The number of piperidine rings is 1. The van der Waals surface area contributed by atoms with Crippen LogP contribution in [0.5, 0.6) is 0 Å². The molecule has 0 bridgehead atoms. The normalized spacial score (nSPS) is 23.9. The van der Waals surface area contributed by atoms with Crippen molar-refractivity contribution in [3.05, 3.63) is 29.8 Å². The second-order valence-corrected chi connectivity index (χ2v) is 7.36. The van der Waals surface area contributed by atoms with E-state index < -0.39 is 0 Å². The van der Waals surface area contributed by atoms with Crippen LogP contribution in [-0.4, -0.2) is 54.3 Å². The molecular formula is C20H29N3O2. The number of carbonyl (C=O) groups is 2. The molecule has 5 nitrogen and oxygen atoms in total. The van der Waals surface area contributed by atoms with Crippen LogP contribution in [-0.2, 0) is 16.1 Å². The molecule has 0 spiro atoms. The highest BCUT2D eigenvalue weighted by molar-refractivity contribution is 5.82. The van der Waals surface area contributed by atoms with Crippen LogP contribution in [0.15, 0.2) is 24.3 Å². The Morgan fingerprint density at radius 3 is 2.72 bits per heavy atom. The largest absolute Gasteiger partial charge is 0.372 e. The topological polar surface area (TPSA) is 43.9 Å². The molecule has 3 rings (SSSR count). The molecule has 1 saturated heterocycles. The number of nitrogens with zero attached hydrogens (tertiary/aromatic N) is 3. The lowest BCUT2D eigenvalue weighted by Crippen LogP contribution is -2.49. The number of hydrogen-bond donors (Lipinski definition) is 0. The van der Waals surface area contributed by atoms with Gasteiger partial charge in [0.2, 0.25) is 11.8 Å².